The molecule has 3 nitrogen and oxygen atoms in total. The van der Waals surface area contributed by atoms with Crippen LogP contribution in [0.3, 0.4) is 0 Å². The molecule has 0 bridgehead atoms. The summed E-state index contributed by atoms with van der Waals surface area (Å²) in [5.41, 5.74) is 4.49. The molecule has 0 aliphatic heterocycles. The lowest BCUT2D eigenvalue weighted by atomic mass is 10.0. The summed E-state index contributed by atoms with van der Waals surface area (Å²) in [6, 6.07) is 9.56. The number of amides is 1. The SMILES string of the molecule is NC(=O)Oc1ccccc1-c1ccc(Cl)c(C(F)(F)F)c1. The van der Waals surface area contributed by atoms with Gasteiger partial charge in [-0.05, 0) is 23.8 Å². The Morgan fingerprint density at radius 2 is 1.81 bits per heavy atom. The minimum absolute atomic E-state index is 0.0699. The van der Waals surface area contributed by atoms with Gasteiger partial charge in [0, 0.05) is 5.56 Å². The summed E-state index contributed by atoms with van der Waals surface area (Å²) in [7, 11) is 0. The molecular weight excluding hydrogens is 307 g/mol. The highest BCUT2D eigenvalue weighted by molar-refractivity contribution is 6.31. The Bertz CT molecular complexity index is 686. The van der Waals surface area contributed by atoms with Crippen molar-refractivity contribution in [3.05, 3.63) is 53.1 Å². The number of hydrogen-bond acceptors (Lipinski definition) is 2. The highest BCUT2D eigenvalue weighted by Crippen LogP contribution is 2.39. The average molecular weight is 316 g/mol. The maximum absolute atomic E-state index is 12.9. The molecule has 2 aromatic carbocycles. The van der Waals surface area contributed by atoms with Crippen molar-refractivity contribution >= 4 is 17.7 Å². The van der Waals surface area contributed by atoms with Gasteiger partial charge in [0.15, 0.2) is 0 Å². The summed E-state index contributed by atoms with van der Waals surface area (Å²) in [6.45, 7) is 0. The molecule has 2 rings (SSSR count). The van der Waals surface area contributed by atoms with Crippen molar-refractivity contribution in [3.63, 3.8) is 0 Å². The van der Waals surface area contributed by atoms with E-state index in [9.17, 15) is 18.0 Å². The Hall–Kier alpha value is -2.21. The molecule has 0 fully saturated rings. The molecule has 0 aliphatic rings. The molecule has 0 saturated carbocycles. The van der Waals surface area contributed by atoms with Gasteiger partial charge in [0.25, 0.3) is 0 Å². The minimum Gasteiger partial charge on any atom is -0.410 e. The Balaban J connectivity index is 2.55. The first-order valence-electron chi connectivity index (χ1n) is 5.72. The average Bonchev–Trinajstić information content (AvgIpc) is 2.38. The second-order valence-corrected chi connectivity index (χ2v) is 4.52. The number of carbonyl (C=O) groups excluding carboxylic acids is 1. The van der Waals surface area contributed by atoms with Gasteiger partial charge < -0.3 is 10.5 Å². The first kappa shape index (κ1) is 15.2. The van der Waals surface area contributed by atoms with Crippen molar-refractivity contribution in [2.24, 2.45) is 5.73 Å². The fourth-order valence-electron chi connectivity index (χ4n) is 1.81. The van der Waals surface area contributed by atoms with E-state index < -0.39 is 22.9 Å². The number of halogens is 4. The molecule has 0 aliphatic carbocycles. The molecule has 0 saturated heterocycles. The van der Waals surface area contributed by atoms with Gasteiger partial charge in [0.2, 0.25) is 0 Å². The summed E-state index contributed by atoms with van der Waals surface area (Å²) in [6.07, 6.45) is -5.63. The van der Waals surface area contributed by atoms with Crippen LogP contribution in [-0.2, 0) is 6.18 Å². The maximum Gasteiger partial charge on any atom is 0.417 e. The molecule has 0 aromatic heterocycles. The molecule has 2 N–H and O–H groups in total. The van der Waals surface area contributed by atoms with Crippen LogP contribution in [0.25, 0.3) is 11.1 Å². The molecule has 0 radical (unpaired) electrons. The first-order valence-corrected chi connectivity index (χ1v) is 6.10. The van der Waals surface area contributed by atoms with Crippen LogP contribution in [0.2, 0.25) is 5.02 Å². The van der Waals surface area contributed by atoms with E-state index in [4.69, 9.17) is 22.1 Å². The van der Waals surface area contributed by atoms with Gasteiger partial charge in [-0.25, -0.2) is 4.79 Å². The third-order valence-corrected chi connectivity index (χ3v) is 3.01. The number of benzene rings is 2. The smallest absolute Gasteiger partial charge is 0.410 e. The van der Waals surface area contributed by atoms with Crippen molar-refractivity contribution in [1.29, 1.82) is 0 Å². The van der Waals surface area contributed by atoms with Gasteiger partial charge in [-0.3, -0.25) is 0 Å². The van der Waals surface area contributed by atoms with E-state index in [1.165, 1.54) is 18.2 Å². The molecule has 1 amide bonds. The quantitative estimate of drug-likeness (QED) is 0.888. The standard InChI is InChI=1S/C14H9ClF3NO2/c15-11-6-5-8(7-10(11)14(16,17)18)9-3-1-2-4-12(9)21-13(19)20/h1-7H,(H2,19,20). The van der Waals surface area contributed by atoms with Gasteiger partial charge in [0.1, 0.15) is 5.75 Å². The van der Waals surface area contributed by atoms with Crippen molar-refractivity contribution in [2.45, 2.75) is 6.18 Å². The summed E-state index contributed by atoms with van der Waals surface area (Å²) >= 11 is 5.57. The second-order valence-electron chi connectivity index (χ2n) is 4.11. The van der Waals surface area contributed by atoms with Crippen LogP contribution in [0, 0.1) is 0 Å². The van der Waals surface area contributed by atoms with E-state index in [1.807, 2.05) is 0 Å². The number of alkyl halides is 3. The zero-order valence-corrected chi connectivity index (χ0v) is 11.2. The van der Waals surface area contributed by atoms with Crippen molar-refractivity contribution in [3.8, 4) is 16.9 Å². The van der Waals surface area contributed by atoms with Gasteiger partial charge >= 0.3 is 12.3 Å². The number of hydrogen-bond donors (Lipinski definition) is 1. The van der Waals surface area contributed by atoms with Gasteiger partial charge in [-0.2, -0.15) is 13.2 Å². The Kier molecular flexibility index (Phi) is 4.09. The van der Waals surface area contributed by atoms with Crippen LogP contribution in [0.15, 0.2) is 42.5 Å². The molecule has 7 heteroatoms. The Morgan fingerprint density at radius 3 is 2.43 bits per heavy atom. The number of carbonyl (C=O) groups is 1. The monoisotopic (exact) mass is 315 g/mol. The number of primary amides is 1. The molecule has 110 valence electrons. The molecular formula is C14H9ClF3NO2. The lowest BCUT2D eigenvalue weighted by Crippen LogP contribution is -2.16. The second kappa shape index (κ2) is 5.65. The van der Waals surface area contributed by atoms with E-state index in [2.05, 4.69) is 0 Å². The predicted octanol–water partition coefficient (Wildman–Crippen LogP) is 4.48. The highest BCUT2D eigenvalue weighted by atomic mass is 35.5. The topological polar surface area (TPSA) is 52.3 Å². The van der Waals surface area contributed by atoms with E-state index >= 15 is 0 Å². The maximum atomic E-state index is 12.9. The largest absolute Gasteiger partial charge is 0.417 e. The van der Waals surface area contributed by atoms with Crippen LogP contribution in [0.5, 0.6) is 5.75 Å². The zero-order valence-electron chi connectivity index (χ0n) is 10.4. The molecule has 2 aromatic rings. The molecule has 21 heavy (non-hydrogen) atoms. The predicted molar refractivity (Wildman–Crippen MR) is 72.1 cm³/mol. The third-order valence-electron chi connectivity index (χ3n) is 2.68. The van der Waals surface area contributed by atoms with Crippen LogP contribution in [-0.4, -0.2) is 6.09 Å². The minimum atomic E-state index is -4.58. The summed E-state index contributed by atoms with van der Waals surface area (Å²) < 4.78 is 43.4. The van der Waals surface area contributed by atoms with Gasteiger partial charge in [0.05, 0.1) is 10.6 Å². The van der Waals surface area contributed by atoms with E-state index in [1.54, 1.807) is 12.1 Å². The van der Waals surface area contributed by atoms with Gasteiger partial charge in [-0.1, -0.05) is 35.9 Å². The summed E-state index contributed by atoms with van der Waals surface area (Å²) in [4.78, 5) is 10.8. The van der Waals surface area contributed by atoms with Crippen molar-refractivity contribution in [2.75, 3.05) is 0 Å². The number of rotatable bonds is 2. The summed E-state index contributed by atoms with van der Waals surface area (Å²) in [5.74, 6) is 0.0699. The summed E-state index contributed by atoms with van der Waals surface area (Å²) in [5, 5.41) is -0.403. The number of ether oxygens (including phenoxy) is 1. The van der Waals surface area contributed by atoms with E-state index in [0.29, 0.717) is 5.56 Å². The van der Waals surface area contributed by atoms with E-state index in [-0.39, 0.29) is 11.3 Å². The lowest BCUT2D eigenvalue weighted by Gasteiger charge is -2.13. The van der Waals surface area contributed by atoms with E-state index in [0.717, 1.165) is 12.1 Å². The van der Waals surface area contributed by atoms with Crippen molar-refractivity contribution in [1.82, 2.24) is 0 Å². The normalized spacial score (nSPS) is 11.2. The molecule has 0 heterocycles. The van der Waals surface area contributed by atoms with Gasteiger partial charge in [-0.15, -0.1) is 0 Å². The number of para-hydroxylation sites is 1. The molecule has 0 unspecified atom stereocenters. The Labute approximate surface area is 123 Å². The van der Waals surface area contributed by atoms with Crippen LogP contribution in [0.1, 0.15) is 5.56 Å². The fourth-order valence-corrected chi connectivity index (χ4v) is 2.04. The van der Waals surface area contributed by atoms with Crippen LogP contribution < -0.4 is 10.5 Å². The fraction of sp³-hybridized carbons (Fsp3) is 0.0714. The lowest BCUT2D eigenvalue weighted by molar-refractivity contribution is -0.137. The first-order chi connectivity index (χ1) is 9.79. The van der Waals surface area contributed by atoms with Crippen LogP contribution in [0.4, 0.5) is 18.0 Å². The third kappa shape index (κ3) is 3.46. The molecule has 0 atom stereocenters. The zero-order chi connectivity index (χ0) is 15.6. The number of nitrogens with two attached hydrogens (primary N) is 1. The van der Waals surface area contributed by atoms with Crippen LogP contribution >= 0.6 is 11.6 Å². The van der Waals surface area contributed by atoms with Crippen molar-refractivity contribution < 1.29 is 22.7 Å². The highest BCUT2D eigenvalue weighted by Gasteiger charge is 2.33. The Morgan fingerprint density at radius 1 is 1.14 bits per heavy atom. The molecule has 0 spiro atoms.